The van der Waals surface area contributed by atoms with Crippen molar-refractivity contribution < 1.29 is 19.7 Å². The fourth-order valence-corrected chi connectivity index (χ4v) is 6.34. The van der Waals surface area contributed by atoms with E-state index in [9.17, 15) is 15.0 Å². The van der Waals surface area contributed by atoms with Gasteiger partial charge in [0.1, 0.15) is 0 Å². The maximum Gasteiger partial charge on any atom is 0.253 e. The molecule has 0 atom stereocenters. The van der Waals surface area contributed by atoms with E-state index in [0.29, 0.717) is 60.8 Å². The lowest BCUT2D eigenvalue weighted by Crippen LogP contribution is -2.42. The summed E-state index contributed by atoms with van der Waals surface area (Å²) in [5.41, 5.74) is 2.91. The van der Waals surface area contributed by atoms with Crippen LogP contribution in [0.1, 0.15) is 49.9 Å². The highest BCUT2D eigenvalue weighted by Gasteiger charge is 2.39. The molecule has 5 rings (SSSR count). The van der Waals surface area contributed by atoms with Gasteiger partial charge in [-0.1, -0.05) is 17.7 Å². The number of ether oxygens (including phenoxy) is 1. The molecule has 1 saturated carbocycles. The Balaban J connectivity index is 1.23. The van der Waals surface area contributed by atoms with Crippen molar-refractivity contribution in [2.75, 3.05) is 19.7 Å². The number of hydrogen-bond acceptors (Lipinski definition) is 6. The zero-order chi connectivity index (χ0) is 26.2. The number of likely N-dealkylation sites (tertiary alicyclic amines) is 1. The number of hydrogen-bond donors (Lipinski definition) is 2. The quantitative estimate of drug-likeness (QED) is 0.389. The molecule has 1 aliphatic carbocycles. The summed E-state index contributed by atoms with van der Waals surface area (Å²) in [6.07, 6.45) is 4.62. The van der Waals surface area contributed by atoms with Crippen molar-refractivity contribution in [2.45, 2.75) is 51.2 Å². The normalized spacial score (nSPS) is 20.5. The van der Waals surface area contributed by atoms with Crippen molar-refractivity contribution >= 4 is 28.8 Å². The number of aliphatic hydroxyl groups excluding tert-OH is 1. The summed E-state index contributed by atoms with van der Waals surface area (Å²) in [4.78, 5) is 20.0. The number of piperidine rings is 1. The Kier molecular flexibility index (Phi) is 7.59. The van der Waals surface area contributed by atoms with Gasteiger partial charge in [-0.15, -0.1) is 11.3 Å². The lowest BCUT2D eigenvalue weighted by Gasteiger charge is -2.42. The number of pyridine rings is 1. The average molecular weight is 541 g/mol. The fraction of sp³-hybridized carbons (Fsp3) is 0.448. The summed E-state index contributed by atoms with van der Waals surface area (Å²) >= 11 is 8.23. The van der Waals surface area contributed by atoms with E-state index in [1.807, 2.05) is 38.1 Å². The van der Waals surface area contributed by atoms with Gasteiger partial charge in [0.05, 0.1) is 23.3 Å². The molecule has 2 N–H and O–H groups in total. The Morgan fingerprint density at radius 2 is 1.92 bits per heavy atom. The van der Waals surface area contributed by atoms with E-state index < -0.39 is 5.60 Å². The number of amides is 1. The molecule has 6 nitrogen and oxygen atoms in total. The lowest BCUT2D eigenvalue weighted by atomic mass is 9.68. The molecule has 37 heavy (non-hydrogen) atoms. The molecule has 2 aliphatic rings. The zero-order valence-electron chi connectivity index (χ0n) is 21.2. The number of nitrogens with zero attached hydrogens (tertiary/aromatic N) is 2. The van der Waals surface area contributed by atoms with E-state index >= 15 is 0 Å². The molecule has 8 heteroatoms. The SMILES string of the molecule is CC(C)(O)C1CC(COc2cc(-c3csc(-c4ccc(C(=O)N5CCC(O)CC5)cc4Cl)c3)ccn2)C1. The van der Waals surface area contributed by atoms with E-state index in [1.54, 1.807) is 28.5 Å². The standard InChI is InChI=1S/C29H33ClN2O4S/c1-29(2,35)22-11-18(12-22)16-36-27-15-19(5-8-31-27)21-14-26(37-17-21)24-4-3-20(13-25(24)30)28(34)32-9-6-23(33)7-10-32/h3-5,8,13-15,17-18,22-23,33,35H,6-7,9-12,16H2,1-2H3. The predicted octanol–water partition coefficient (Wildman–Crippen LogP) is 5.90. The minimum atomic E-state index is -0.623. The number of aromatic nitrogens is 1. The molecule has 2 aromatic heterocycles. The molecule has 1 aromatic carbocycles. The highest BCUT2D eigenvalue weighted by Crippen LogP contribution is 2.41. The first-order valence-electron chi connectivity index (χ1n) is 12.8. The van der Waals surface area contributed by atoms with Crippen LogP contribution in [-0.2, 0) is 0 Å². The van der Waals surface area contributed by atoms with Gasteiger partial charge in [-0.3, -0.25) is 4.79 Å². The van der Waals surface area contributed by atoms with E-state index in [4.69, 9.17) is 16.3 Å². The predicted molar refractivity (Wildman–Crippen MR) is 147 cm³/mol. The number of halogens is 1. The van der Waals surface area contributed by atoms with Gasteiger partial charge in [0.15, 0.2) is 0 Å². The molecule has 0 bridgehead atoms. The summed E-state index contributed by atoms with van der Waals surface area (Å²) in [7, 11) is 0. The third kappa shape index (κ3) is 6.01. The molecule has 0 unspecified atom stereocenters. The minimum Gasteiger partial charge on any atom is -0.477 e. The monoisotopic (exact) mass is 540 g/mol. The number of carbonyl (C=O) groups is 1. The van der Waals surface area contributed by atoms with Gasteiger partial charge in [-0.2, -0.15) is 0 Å². The number of carbonyl (C=O) groups excluding carboxylic acids is 1. The largest absolute Gasteiger partial charge is 0.477 e. The summed E-state index contributed by atoms with van der Waals surface area (Å²) in [6, 6.07) is 11.5. The Morgan fingerprint density at radius 3 is 2.62 bits per heavy atom. The summed E-state index contributed by atoms with van der Waals surface area (Å²) in [5, 5.41) is 22.5. The molecular formula is C29H33ClN2O4S. The Morgan fingerprint density at radius 1 is 1.16 bits per heavy atom. The van der Waals surface area contributed by atoms with Gasteiger partial charge < -0.3 is 19.8 Å². The average Bonchev–Trinajstić information content (AvgIpc) is 3.32. The van der Waals surface area contributed by atoms with E-state index in [2.05, 4.69) is 16.4 Å². The van der Waals surface area contributed by atoms with Crippen LogP contribution in [0.2, 0.25) is 5.02 Å². The van der Waals surface area contributed by atoms with Gasteiger partial charge in [-0.05, 0) is 92.1 Å². The van der Waals surface area contributed by atoms with Crippen LogP contribution in [0, 0.1) is 11.8 Å². The van der Waals surface area contributed by atoms with Crippen LogP contribution in [0.3, 0.4) is 0 Å². The summed E-state index contributed by atoms with van der Waals surface area (Å²) in [6.45, 7) is 5.48. The van der Waals surface area contributed by atoms with E-state index in [1.165, 1.54) is 0 Å². The van der Waals surface area contributed by atoms with E-state index in [0.717, 1.165) is 34.4 Å². The first-order chi connectivity index (χ1) is 17.7. The lowest BCUT2D eigenvalue weighted by molar-refractivity contribution is -0.0516. The minimum absolute atomic E-state index is 0.0472. The van der Waals surface area contributed by atoms with Gasteiger partial charge in [0.25, 0.3) is 5.91 Å². The molecule has 196 valence electrons. The fourth-order valence-electron chi connectivity index (χ4n) is 5.05. The first kappa shape index (κ1) is 26.2. The molecule has 1 saturated heterocycles. The van der Waals surface area contributed by atoms with Gasteiger partial charge in [-0.25, -0.2) is 4.98 Å². The van der Waals surface area contributed by atoms with Crippen LogP contribution in [0.15, 0.2) is 48.0 Å². The molecular weight excluding hydrogens is 508 g/mol. The van der Waals surface area contributed by atoms with Gasteiger partial charge in [0, 0.05) is 41.4 Å². The summed E-state index contributed by atoms with van der Waals surface area (Å²) in [5.74, 6) is 1.34. The van der Waals surface area contributed by atoms with Crippen LogP contribution in [0.25, 0.3) is 21.6 Å². The maximum atomic E-state index is 12.9. The van der Waals surface area contributed by atoms with Gasteiger partial charge in [0.2, 0.25) is 5.88 Å². The number of thiophene rings is 1. The molecule has 1 aliphatic heterocycles. The Hall–Kier alpha value is -2.45. The molecule has 1 amide bonds. The maximum absolute atomic E-state index is 12.9. The second-order valence-electron chi connectivity index (χ2n) is 10.8. The summed E-state index contributed by atoms with van der Waals surface area (Å²) < 4.78 is 5.97. The highest BCUT2D eigenvalue weighted by atomic mass is 35.5. The van der Waals surface area contributed by atoms with Crippen molar-refractivity contribution in [3.63, 3.8) is 0 Å². The van der Waals surface area contributed by atoms with E-state index in [-0.39, 0.29) is 12.0 Å². The number of aliphatic hydroxyl groups is 2. The second-order valence-corrected chi connectivity index (χ2v) is 12.1. The first-order valence-corrected chi connectivity index (χ1v) is 14.1. The van der Waals surface area contributed by atoms with Crippen LogP contribution >= 0.6 is 22.9 Å². The molecule has 2 fully saturated rings. The van der Waals surface area contributed by atoms with Crippen molar-refractivity contribution in [3.05, 3.63) is 58.6 Å². The third-order valence-electron chi connectivity index (χ3n) is 7.60. The van der Waals surface area contributed by atoms with Crippen molar-refractivity contribution in [2.24, 2.45) is 11.8 Å². The number of rotatable bonds is 7. The van der Waals surface area contributed by atoms with Crippen molar-refractivity contribution in [1.29, 1.82) is 0 Å². The van der Waals surface area contributed by atoms with Crippen LogP contribution in [-0.4, -0.2) is 57.4 Å². The molecule has 3 aromatic rings. The third-order valence-corrected chi connectivity index (χ3v) is 8.88. The smallest absolute Gasteiger partial charge is 0.253 e. The molecule has 3 heterocycles. The van der Waals surface area contributed by atoms with Gasteiger partial charge >= 0.3 is 0 Å². The van der Waals surface area contributed by atoms with Crippen LogP contribution in [0.4, 0.5) is 0 Å². The van der Waals surface area contributed by atoms with Crippen molar-refractivity contribution in [1.82, 2.24) is 9.88 Å². The zero-order valence-corrected chi connectivity index (χ0v) is 22.8. The number of benzene rings is 1. The Labute approximate surface area is 226 Å². The highest BCUT2D eigenvalue weighted by molar-refractivity contribution is 7.14. The van der Waals surface area contributed by atoms with Crippen LogP contribution < -0.4 is 4.74 Å². The Bertz CT molecular complexity index is 1260. The molecule has 0 radical (unpaired) electrons. The van der Waals surface area contributed by atoms with Crippen molar-refractivity contribution in [3.8, 4) is 27.4 Å². The van der Waals surface area contributed by atoms with Crippen LogP contribution in [0.5, 0.6) is 5.88 Å². The topological polar surface area (TPSA) is 82.9 Å². The second kappa shape index (κ2) is 10.7. The molecule has 0 spiro atoms.